The summed E-state index contributed by atoms with van der Waals surface area (Å²) in [5.74, 6) is 0.892. The van der Waals surface area contributed by atoms with Gasteiger partial charge in [-0.2, -0.15) is 0 Å². The highest BCUT2D eigenvalue weighted by atomic mass is 16.6. The van der Waals surface area contributed by atoms with Crippen LogP contribution >= 0.6 is 0 Å². The molecule has 0 spiro atoms. The predicted molar refractivity (Wildman–Crippen MR) is 106 cm³/mol. The lowest BCUT2D eigenvalue weighted by atomic mass is 10.0. The molecule has 1 aliphatic rings. The number of amides is 1. The van der Waals surface area contributed by atoms with E-state index in [1.54, 1.807) is 7.11 Å². The molecule has 3 rings (SSSR count). The molecule has 2 aromatic rings. The Labute approximate surface area is 160 Å². The van der Waals surface area contributed by atoms with E-state index in [9.17, 15) is 4.79 Å². The molecule has 27 heavy (non-hydrogen) atoms. The minimum atomic E-state index is -0.123. The van der Waals surface area contributed by atoms with E-state index in [-0.39, 0.29) is 12.0 Å². The van der Waals surface area contributed by atoms with Gasteiger partial charge in [0.05, 0.1) is 19.4 Å². The summed E-state index contributed by atoms with van der Waals surface area (Å²) in [6, 6.07) is 16.1. The van der Waals surface area contributed by atoms with E-state index in [0.29, 0.717) is 25.9 Å². The number of hydrogen-bond acceptors (Lipinski definition) is 4. The summed E-state index contributed by atoms with van der Waals surface area (Å²) < 4.78 is 5.28. The molecule has 142 valence electrons. The van der Waals surface area contributed by atoms with Crippen LogP contribution in [0.4, 0.5) is 0 Å². The van der Waals surface area contributed by atoms with E-state index < -0.39 is 0 Å². The SMILES string of the molecule is CCC(=O)N(Cc1cccc(OC)c1)CC1CC(c2ccc(C)cc2)=NO1. The van der Waals surface area contributed by atoms with Crippen LogP contribution in [0.5, 0.6) is 5.75 Å². The molecule has 0 N–H and O–H groups in total. The number of aryl methyl sites for hydroxylation is 1. The molecule has 1 aliphatic heterocycles. The molecule has 1 unspecified atom stereocenters. The predicted octanol–water partition coefficient (Wildman–Crippen LogP) is 3.94. The smallest absolute Gasteiger partial charge is 0.222 e. The number of carbonyl (C=O) groups excluding carboxylic acids is 1. The number of rotatable bonds is 7. The molecule has 0 saturated carbocycles. The zero-order chi connectivity index (χ0) is 19.2. The normalized spacial score (nSPS) is 15.8. The second kappa shape index (κ2) is 8.71. The lowest BCUT2D eigenvalue weighted by Gasteiger charge is -2.24. The molecule has 0 saturated heterocycles. The number of oxime groups is 1. The number of benzene rings is 2. The lowest BCUT2D eigenvalue weighted by Crippen LogP contribution is -2.36. The topological polar surface area (TPSA) is 51.1 Å². The van der Waals surface area contributed by atoms with Crippen LogP contribution in [0, 0.1) is 6.92 Å². The number of carbonyl (C=O) groups is 1. The van der Waals surface area contributed by atoms with Gasteiger partial charge in [0.2, 0.25) is 5.91 Å². The number of methoxy groups -OCH3 is 1. The third-order valence-electron chi connectivity index (χ3n) is 4.70. The molecule has 1 heterocycles. The summed E-state index contributed by atoms with van der Waals surface area (Å²) in [6.45, 7) is 4.99. The van der Waals surface area contributed by atoms with Gasteiger partial charge in [-0.25, -0.2) is 0 Å². The zero-order valence-electron chi connectivity index (χ0n) is 16.1. The molecule has 5 nitrogen and oxygen atoms in total. The van der Waals surface area contributed by atoms with Crippen LogP contribution < -0.4 is 4.74 Å². The van der Waals surface area contributed by atoms with Crippen molar-refractivity contribution in [1.82, 2.24) is 4.90 Å². The number of nitrogens with zero attached hydrogens (tertiary/aromatic N) is 2. The number of ether oxygens (including phenoxy) is 1. The monoisotopic (exact) mass is 366 g/mol. The van der Waals surface area contributed by atoms with Crippen LogP contribution in [0.2, 0.25) is 0 Å². The number of hydrogen-bond donors (Lipinski definition) is 0. The maximum atomic E-state index is 12.4. The Hall–Kier alpha value is -2.82. The van der Waals surface area contributed by atoms with E-state index in [2.05, 4.69) is 36.3 Å². The van der Waals surface area contributed by atoms with Crippen molar-refractivity contribution in [3.63, 3.8) is 0 Å². The van der Waals surface area contributed by atoms with Crippen molar-refractivity contribution in [2.75, 3.05) is 13.7 Å². The summed E-state index contributed by atoms with van der Waals surface area (Å²) in [7, 11) is 1.64. The molecule has 0 radical (unpaired) electrons. The fraction of sp³-hybridized carbons (Fsp3) is 0.364. The first kappa shape index (κ1) is 19.0. The first-order chi connectivity index (χ1) is 13.1. The zero-order valence-corrected chi connectivity index (χ0v) is 16.1. The average Bonchev–Trinajstić information content (AvgIpc) is 3.16. The van der Waals surface area contributed by atoms with E-state index in [1.165, 1.54) is 5.56 Å². The summed E-state index contributed by atoms with van der Waals surface area (Å²) in [4.78, 5) is 19.9. The van der Waals surface area contributed by atoms with Crippen LogP contribution in [-0.4, -0.2) is 36.3 Å². The quantitative estimate of drug-likeness (QED) is 0.746. The third-order valence-corrected chi connectivity index (χ3v) is 4.70. The molecule has 0 aromatic heterocycles. The average molecular weight is 366 g/mol. The van der Waals surface area contributed by atoms with E-state index in [0.717, 1.165) is 22.6 Å². The van der Waals surface area contributed by atoms with Crippen LogP contribution in [0.15, 0.2) is 53.7 Å². The molecule has 5 heteroatoms. The Morgan fingerprint density at radius 2 is 2.04 bits per heavy atom. The Balaban J connectivity index is 1.65. The van der Waals surface area contributed by atoms with Gasteiger partial charge in [0.25, 0.3) is 0 Å². The van der Waals surface area contributed by atoms with Crippen LogP contribution in [0.1, 0.15) is 36.5 Å². The standard InChI is InChI=1S/C22H26N2O3/c1-4-22(25)24(14-17-6-5-7-19(12-17)26-3)15-20-13-21(23-27-20)18-10-8-16(2)9-11-18/h5-12,20H,4,13-15H2,1-3H3. The molecular formula is C22H26N2O3. The lowest BCUT2D eigenvalue weighted by molar-refractivity contribution is -0.133. The highest BCUT2D eigenvalue weighted by Crippen LogP contribution is 2.20. The molecule has 1 amide bonds. The first-order valence-electron chi connectivity index (χ1n) is 9.29. The Kier molecular flexibility index (Phi) is 6.12. The molecule has 1 atom stereocenters. The van der Waals surface area contributed by atoms with Crippen molar-refractivity contribution in [3.05, 3.63) is 65.2 Å². The van der Waals surface area contributed by atoms with Gasteiger partial charge < -0.3 is 14.5 Å². The maximum Gasteiger partial charge on any atom is 0.222 e. The summed E-state index contributed by atoms with van der Waals surface area (Å²) >= 11 is 0. The fourth-order valence-corrected chi connectivity index (χ4v) is 3.16. The molecule has 2 aromatic carbocycles. The van der Waals surface area contributed by atoms with Gasteiger partial charge in [0.1, 0.15) is 5.75 Å². The van der Waals surface area contributed by atoms with Gasteiger partial charge in [-0.15, -0.1) is 0 Å². The molecule has 0 bridgehead atoms. The molecule has 0 aliphatic carbocycles. The van der Waals surface area contributed by atoms with E-state index in [4.69, 9.17) is 9.57 Å². The van der Waals surface area contributed by atoms with Crippen LogP contribution in [0.25, 0.3) is 0 Å². The minimum Gasteiger partial charge on any atom is -0.497 e. The van der Waals surface area contributed by atoms with Gasteiger partial charge in [-0.1, -0.05) is 54.0 Å². The maximum absolute atomic E-state index is 12.4. The van der Waals surface area contributed by atoms with Crippen molar-refractivity contribution in [3.8, 4) is 5.75 Å². The van der Waals surface area contributed by atoms with E-state index in [1.807, 2.05) is 36.1 Å². The largest absolute Gasteiger partial charge is 0.497 e. The van der Waals surface area contributed by atoms with Crippen molar-refractivity contribution in [2.45, 2.75) is 39.3 Å². The third kappa shape index (κ3) is 4.88. The van der Waals surface area contributed by atoms with Gasteiger partial charge in [-0.05, 0) is 30.2 Å². The van der Waals surface area contributed by atoms with Gasteiger partial charge in [0.15, 0.2) is 6.10 Å². The second-order valence-corrected chi connectivity index (χ2v) is 6.81. The van der Waals surface area contributed by atoms with Gasteiger partial charge in [-0.3, -0.25) is 4.79 Å². The minimum absolute atomic E-state index is 0.102. The highest BCUT2D eigenvalue weighted by Gasteiger charge is 2.26. The van der Waals surface area contributed by atoms with Crippen molar-refractivity contribution in [1.29, 1.82) is 0 Å². The first-order valence-corrected chi connectivity index (χ1v) is 9.29. The fourth-order valence-electron chi connectivity index (χ4n) is 3.16. The summed E-state index contributed by atoms with van der Waals surface area (Å²) in [5, 5.41) is 4.25. The Morgan fingerprint density at radius 3 is 2.74 bits per heavy atom. The van der Waals surface area contributed by atoms with Gasteiger partial charge in [0, 0.05) is 19.4 Å². The van der Waals surface area contributed by atoms with Crippen molar-refractivity contribution < 1.29 is 14.4 Å². The molecular weight excluding hydrogens is 340 g/mol. The summed E-state index contributed by atoms with van der Waals surface area (Å²) in [5.41, 5.74) is 4.26. The Morgan fingerprint density at radius 1 is 1.26 bits per heavy atom. The molecule has 0 fully saturated rings. The van der Waals surface area contributed by atoms with E-state index >= 15 is 0 Å². The summed E-state index contributed by atoms with van der Waals surface area (Å²) in [6.07, 6.45) is 1.04. The second-order valence-electron chi connectivity index (χ2n) is 6.81. The highest BCUT2D eigenvalue weighted by molar-refractivity contribution is 6.01. The van der Waals surface area contributed by atoms with Gasteiger partial charge >= 0.3 is 0 Å². The van der Waals surface area contributed by atoms with Crippen LogP contribution in [0.3, 0.4) is 0 Å². The van der Waals surface area contributed by atoms with Crippen LogP contribution in [-0.2, 0) is 16.2 Å². The van der Waals surface area contributed by atoms with Crippen molar-refractivity contribution >= 4 is 11.6 Å². The Bertz CT molecular complexity index is 815. The van der Waals surface area contributed by atoms with Crippen molar-refractivity contribution in [2.24, 2.45) is 5.16 Å².